The molecule has 0 radical (unpaired) electrons. The molecule has 0 N–H and O–H groups in total. The van der Waals surface area contributed by atoms with Crippen molar-refractivity contribution in [3.8, 4) is 0 Å². The minimum absolute atomic E-state index is 0.168. The van der Waals surface area contributed by atoms with E-state index in [1.54, 1.807) is 0 Å². The average molecular weight is 237 g/mol. The molecule has 0 saturated carbocycles. The summed E-state index contributed by atoms with van der Waals surface area (Å²) in [6.07, 6.45) is 0. The minimum Gasteiger partial charge on any atom is -0.725 e. The first kappa shape index (κ1) is 11.4. The van der Waals surface area contributed by atoms with Crippen LogP contribution in [0.25, 0.3) is 0 Å². The maximum Gasteiger partial charge on any atom is 0.228 e. The molecule has 7 heteroatoms. The highest BCUT2D eigenvalue weighted by molar-refractivity contribution is 8.02. The molecular weight excluding hydrogens is 231 g/mol. The lowest BCUT2D eigenvalue weighted by molar-refractivity contribution is 0.391. The maximum atomic E-state index is 12.4. The Bertz CT molecular complexity index is 387. The van der Waals surface area contributed by atoms with Crippen LogP contribution >= 0.6 is 12.0 Å². The highest BCUT2D eigenvalue weighted by Crippen LogP contribution is 2.15. The fourth-order valence-corrected chi connectivity index (χ4v) is 1.72. The van der Waals surface area contributed by atoms with Crippen LogP contribution in [0.2, 0.25) is 0 Å². The molecule has 4 nitrogen and oxygen atoms in total. The Hall–Kier alpha value is -0.630. The van der Waals surface area contributed by atoms with Gasteiger partial charge in [-0.3, -0.25) is 0 Å². The molecule has 1 aromatic rings. The standard InChI is InChI=1S/C7H7FO4S2/c8-7-3-1-6(2-4-7)5-13-12-14(9,10)11/h1-4H,5H2,(H,9,10,11)/p-1. The van der Waals surface area contributed by atoms with Gasteiger partial charge in [-0.25, -0.2) is 16.4 Å². The van der Waals surface area contributed by atoms with E-state index >= 15 is 0 Å². The third-order valence-corrected chi connectivity index (χ3v) is 2.77. The van der Waals surface area contributed by atoms with E-state index in [0.29, 0.717) is 17.6 Å². The van der Waals surface area contributed by atoms with Gasteiger partial charge in [0, 0.05) is 17.8 Å². The first-order chi connectivity index (χ1) is 6.47. The summed E-state index contributed by atoms with van der Waals surface area (Å²) >= 11 is 0.496. The molecule has 0 spiro atoms. The van der Waals surface area contributed by atoms with E-state index in [4.69, 9.17) is 0 Å². The van der Waals surface area contributed by atoms with Crippen LogP contribution in [-0.4, -0.2) is 13.0 Å². The van der Waals surface area contributed by atoms with Crippen LogP contribution in [0, 0.1) is 5.82 Å². The van der Waals surface area contributed by atoms with Crippen LogP contribution in [0.1, 0.15) is 5.56 Å². The molecule has 0 atom stereocenters. The topological polar surface area (TPSA) is 66.4 Å². The number of halogens is 1. The van der Waals surface area contributed by atoms with Crippen molar-refractivity contribution in [1.82, 2.24) is 0 Å². The van der Waals surface area contributed by atoms with Crippen molar-refractivity contribution in [3.05, 3.63) is 35.6 Å². The molecule has 0 fully saturated rings. The summed E-state index contributed by atoms with van der Waals surface area (Å²) in [7, 11) is -4.66. The molecular formula is C7H6FO4S2-. The fourth-order valence-electron chi connectivity index (χ4n) is 0.732. The van der Waals surface area contributed by atoms with Crippen LogP contribution in [0.15, 0.2) is 24.3 Å². The summed E-state index contributed by atoms with van der Waals surface area (Å²) in [5.41, 5.74) is 0.667. The zero-order valence-electron chi connectivity index (χ0n) is 6.84. The zero-order valence-corrected chi connectivity index (χ0v) is 8.48. The van der Waals surface area contributed by atoms with E-state index < -0.39 is 10.4 Å². The monoisotopic (exact) mass is 237 g/mol. The number of benzene rings is 1. The Morgan fingerprint density at radius 2 is 1.93 bits per heavy atom. The molecule has 0 aliphatic heterocycles. The van der Waals surface area contributed by atoms with Gasteiger partial charge in [0.25, 0.3) is 0 Å². The van der Waals surface area contributed by atoms with Gasteiger partial charge >= 0.3 is 0 Å². The average Bonchev–Trinajstić information content (AvgIpc) is 2.06. The molecule has 14 heavy (non-hydrogen) atoms. The lowest BCUT2D eigenvalue weighted by Gasteiger charge is -2.05. The Morgan fingerprint density at radius 1 is 1.36 bits per heavy atom. The normalized spacial score (nSPS) is 11.6. The third-order valence-electron chi connectivity index (χ3n) is 1.27. The van der Waals surface area contributed by atoms with Crippen molar-refractivity contribution in [1.29, 1.82) is 0 Å². The Labute approximate surface area is 85.2 Å². The number of rotatable bonds is 4. The predicted molar refractivity (Wildman–Crippen MR) is 48.5 cm³/mol. The first-order valence-corrected chi connectivity index (χ1v) is 5.73. The molecule has 0 aliphatic rings. The summed E-state index contributed by atoms with van der Waals surface area (Å²) in [5, 5.41) is 0. The minimum atomic E-state index is -4.66. The van der Waals surface area contributed by atoms with E-state index in [1.165, 1.54) is 24.3 Å². The van der Waals surface area contributed by atoms with Crippen LogP contribution in [0.4, 0.5) is 4.39 Å². The van der Waals surface area contributed by atoms with E-state index in [0.717, 1.165) is 0 Å². The summed E-state index contributed by atoms with van der Waals surface area (Å²) in [4.78, 5) is 0. The summed E-state index contributed by atoms with van der Waals surface area (Å²) in [6, 6.07) is 5.43. The summed E-state index contributed by atoms with van der Waals surface area (Å²) in [5.74, 6) is -0.210. The second kappa shape index (κ2) is 4.74. The Balaban J connectivity index is 2.43. The van der Waals surface area contributed by atoms with Crippen molar-refractivity contribution >= 4 is 22.4 Å². The second-order valence-electron chi connectivity index (χ2n) is 2.36. The van der Waals surface area contributed by atoms with Crippen molar-refractivity contribution < 1.29 is 21.0 Å². The van der Waals surface area contributed by atoms with E-state index in [9.17, 15) is 17.4 Å². The van der Waals surface area contributed by atoms with E-state index in [2.05, 4.69) is 3.63 Å². The van der Waals surface area contributed by atoms with Gasteiger partial charge in [0.1, 0.15) is 5.82 Å². The smallest absolute Gasteiger partial charge is 0.228 e. The van der Waals surface area contributed by atoms with Gasteiger partial charge in [-0.15, -0.1) is 0 Å². The van der Waals surface area contributed by atoms with Crippen molar-refractivity contribution in [3.63, 3.8) is 0 Å². The molecule has 1 aromatic carbocycles. The van der Waals surface area contributed by atoms with Gasteiger partial charge in [0.05, 0.1) is 0 Å². The van der Waals surface area contributed by atoms with Crippen molar-refractivity contribution in [2.24, 2.45) is 0 Å². The van der Waals surface area contributed by atoms with Crippen LogP contribution in [-0.2, 0) is 19.8 Å². The number of hydrogen-bond donors (Lipinski definition) is 0. The fraction of sp³-hybridized carbons (Fsp3) is 0.143. The highest BCUT2D eigenvalue weighted by Gasteiger charge is 1.98. The predicted octanol–water partition coefficient (Wildman–Crippen LogP) is 1.45. The Kier molecular flexibility index (Phi) is 3.87. The van der Waals surface area contributed by atoms with Gasteiger partial charge in [-0.05, 0) is 17.7 Å². The highest BCUT2D eigenvalue weighted by atomic mass is 32.3. The van der Waals surface area contributed by atoms with Gasteiger partial charge < -0.3 is 4.55 Å². The van der Waals surface area contributed by atoms with Gasteiger partial charge in [-0.1, -0.05) is 12.1 Å². The lowest BCUT2D eigenvalue weighted by atomic mass is 10.2. The van der Waals surface area contributed by atoms with Gasteiger partial charge in [0.2, 0.25) is 10.4 Å². The van der Waals surface area contributed by atoms with Crippen molar-refractivity contribution in [2.45, 2.75) is 5.75 Å². The maximum absolute atomic E-state index is 12.4. The molecule has 0 aliphatic carbocycles. The third kappa shape index (κ3) is 4.56. The molecule has 0 unspecified atom stereocenters. The summed E-state index contributed by atoms with van der Waals surface area (Å²) < 4.78 is 46.4. The Morgan fingerprint density at radius 3 is 2.43 bits per heavy atom. The SMILES string of the molecule is O=S(=O)([O-])OSCc1ccc(F)cc1. The summed E-state index contributed by atoms with van der Waals surface area (Å²) in [6.45, 7) is 0. The van der Waals surface area contributed by atoms with Gasteiger partial charge in [0.15, 0.2) is 0 Å². The van der Waals surface area contributed by atoms with Crippen molar-refractivity contribution in [2.75, 3.05) is 0 Å². The van der Waals surface area contributed by atoms with Crippen LogP contribution < -0.4 is 0 Å². The molecule has 0 heterocycles. The van der Waals surface area contributed by atoms with E-state index in [-0.39, 0.29) is 11.6 Å². The number of hydrogen-bond acceptors (Lipinski definition) is 5. The molecule has 0 aromatic heterocycles. The molecule has 0 saturated heterocycles. The first-order valence-electron chi connectivity index (χ1n) is 3.49. The van der Waals surface area contributed by atoms with Crippen LogP contribution in [0.3, 0.4) is 0 Å². The van der Waals surface area contributed by atoms with Crippen LogP contribution in [0.5, 0.6) is 0 Å². The lowest BCUT2D eigenvalue weighted by Crippen LogP contribution is -1.97. The molecule has 1 rings (SSSR count). The largest absolute Gasteiger partial charge is 0.725 e. The molecule has 0 bridgehead atoms. The van der Waals surface area contributed by atoms with Gasteiger partial charge in [-0.2, -0.15) is 0 Å². The van der Waals surface area contributed by atoms with E-state index in [1.807, 2.05) is 0 Å². The quantitative estimate of drug-likeness (QED) is 0.450. The second-order valence-corrected chi connectivity index (χ2v) is 4.25. The molecule has 78 valence electrons. The zero-order chi connectivity index (χ0) is 10.6. The molecule has 0 amide bonds.